The highest BCUT2D eigenvalue weighted by molar-refractivity contribution is 5.83. The van der Waals surface area contributed by atoms with Crippen LogP contribution in [0.1, 0.15) is 244 Å². The van der Waals surface area contributed by atoms with Gasteiger partial charge in [-0.25, -0.2) is 0 Å². The quantitative estimate of drug-likeness (QED) is 0.0407. The van der Waals surface area contributed by atoms with Crippen LogP contribution in [0.2, 0.25) is 0 Å². The van der Waals surface area contributed by atoms with E-state index in [1.54, 1.807) is 0 Å². The summed E-state index contributed by atoms with van der Waals surface area (Å²) in [6.07, 6.45) is 45.4. The zero-order valence-electron chi connectivity index (χ0n) is 41.7. The highest BCUT2D eigenvalue weighted by atomic mass is 16.5. The molecule has 0 heterocycles. The minimum absolute atomic E-state index is 0.259. The minimum atomic E-state index is -0.847. The Kier molecular flexibility index (Phi) is 38.1. The molecule has 0 spiro atoms. The van der Waals surface area contributed by atoms with Crippen molar-refractivity contribution in [1.82, 2.24) is 5.32 Å². The Hall–Kier alpha value is -2.96. The second-order valence-corrected chi connectivity index (χ2v) is 18.7. The van der Waals surface area contributed by atoms with E-state index in [1.807, 2.05) is 48.5 Å². The average molecular weight is 888 g/mol. The van der Waals surface area contributed by atoms with Crippen LogP contribution >= 0.6 is 0 Å². The zero-order chi connectivity index (χ0) is 45.8. The third kappa shape index (κ3) is 33.5. The Morgan fingerprint density at radius 2 is 0.906 bits per heavy atom. The summed E-state index contributed by atoms with van der Waals surface area (Å²) >= 11 is 0. The Bertz CT molecular complexity index is 1350. The van der Waals surface area contributed by atoms with Crippen LogP contribution in [0.15, 0.2) is 72.8 Å². The van der Waals surface area contributed by atoms with E-state index in [2.05, 4.69) is 43.4 Å². The first-order valence-electron chi connectivity index (χ1n) is 26.9. The van der Waals surface area contributed by atoms with E-state index in [4.69, 9.17) is 14.2 Å². The van der Waals surface area contributed by atoms with E-state index in [0.29, 0.717) is 19.6 Å². The number of carbonyl (C=O) groups is 2. The van der Waals surface area contributed by atoms with Gasteiger partial charge in [-0.3, -0.25) is 9.59 Å². The smallest absolute Gasteiger partial charge is 0.303 e. The molecule has 364 valence electrons. The summed E-state index contributed by atoms with van der Waals surface area (Å²) in [6, 6.07) is 19.8. The van der Waals surface area contributed by atoms with Gasteiger partial charge in [-0.1, -0.05) is 273 Å². The molecule has 0 aliphatic rings. The minimum Gasteiger partial charge on any atom is -0.452 e. The lowest BCUT2D eigenvalue weighted by atomic mass is 10.0. The molecule has 1 N–H and O–H groups in total. The Balaban J connectivity index is 1.84. The first-order chi connectivity index (χ1) is 31.5. The van der Waals surface area contributed by atoms with Gasteiger partial charge in [-0.05, 0) is 36.8 Å². The molecule has 1 amide bonds. The van der Waals surface area contributed by atoms with Gasteiger partial charge in [0.2, 0.25) is 0 Å². The van der Waals surface area contributed by atoms with Gasteiger partial charge in [-0.2, -0.15) is 0 Å². The molecule has 0 fully saturated rings. The lowest BCUT2D eigenvalue weighted by Gasteiger charge is -2.28. The number of unbranched alkanes of at least 4 members (excludes halogenated alkanes) is 30. The van der Waals surface area contributed by atoms with Crippen LogP contribution in [0.4, 0.5) is 0 Å². The molecule has 2 aromatic rings. The van der Waals surface area contributed by atoms with Gasteiger partial charge in [-0.15, -0.1) is 0 Å². The largest absolute Gasteiger partial charge is 0.452 e. The van der Waals surface area contributed by atoms with Crippen molar-refractivity contribution in [3.63, 3.8) is 0 Å². The Morgan fingerprint density at radius 3 is 1.33 bits per heavy atom. The molecule has 0 bridgehead atoms. The van der Waals surface area contributed by atoms with Crippen molar-refractivity contribution in [2.24, 2.45) is 0 Å². The molecule has 6 heteroatoms. The van der Waals surface area contributed by atoms with Crippen molar-refractivity contribution in [2.45, 2.75) is 264 Å². The highest BCUT2D eigenvalue weighted by Gasteiger charge is 2.28. The van der Waals surface area contributed by atoms with Gasteiger partial charge in [0.05, 0.1) is 32.0 Å². The van der Waals surface area contributed by atoms with Crippen LogP contribution in [0, 0.1) is 0 Å². The first kappa shape index (κ1) is 57.2. The molecule has 0 aromatic heterocycles. The van der Waals surface area contributed by atoms with Gasteiger partial charge in [0.15, 0.2) is 6.10 Å². The molecule has 3 atom stereocenters. The number of ether oxygens (including phenoxy) is 3. The van der Waals surface area contributed by atoms with Gasteiger partial charge in [0, 0.05) is 6.92 Å². The molecule has 0 saturated heterocycles. The van der Waals surface area contributed by atoms with Gasteiger partial charge < -0.3 is 19.5 Å². The van der Waals surface area contributed by atoms with Crippen LogP contribution in [0.25, 0.3) is 0 Å². The summed E-state index contributed by atoms with van der Waals surface area (Å²) in [4.78, 5) is 26.3. The number of benzene rings is 2. The fraction of sp³-hybridized carbons (Fsp3) is 0.724. The lowest BCUT2D eigenvalue weighted by molar-refractivity contribution is -0.155. The average Bonchev–Trinajstić information content (AvgIpc) is 3.30. The monoisotopic (exact) mass is 888 g/mol. The Morgan fingerprint density at radius 1 is 0.516 bits per heavy atom. The number of amides is 1. The van der Waals surface area contributed by atoms with Crippen LogP contribution < -0.4 is 5.32 Å². The van der Waals surface area contributed by atoms with Crippen molar-refractivity contribution in [2.75, 3.05) is 6.61 Å². The second kappa shape index (κ2) is 42.7. The fourth-order valence-electron chi connectivity index (χ4n) is 8.63. The molecular formula is C58H97NO5. The summed E-state index contributed by atoms with van der Waals surface area (Å²) in [5, 5.41) is 3.24. The van der Waals surface area contributed by atoms with Crippen LogP contribution in [0.3, 0.4) is 0 Å². The van der Waals surface area contributed by atoms with Crippen LogP contribution in [-0.4, -0.2) is 36.7 Å². The number of nitrogens with one attached hydrogen (secondary N) is 1. The molecular weight excluding hydrogens is 791 g/mol. The standard InChI is InChI=1S/C58H97NO5/c1-4-6-8-10-12-14-16-18-19-20-21-22-23-24-26-28-30-32-34-42-48-57(64-52(3)60)58(61)59-55(51-62-49-53-43-37-35-38-44-53)56(63-50-54-45-39-36-40-46-54)47-41-33-31-29-27-25-17-15-13-11-9-7-5-2/h35-41,43-47,55-57H,4-34,42,48-51H2,1-3H3,(H,59,61)/b47-41+/t55-,56+,57+/m0/s1. The number of esters is 1. The molecule has 6 nitrogen and oxygen atoms in total. The maximum Gasteiger partial charge on any atom is 0.303 e. The summed E-state index contributed by atoms with van der Waals surface area (Å²) in [5.41, 5.74) is 2.14. The second-order valence-electron chi connectivity index (χ2n) is 18.7. The van der Waals surface area contributed by atoms with Crippen LogP contribution in [0.5, 0.6) is 0 Å². The van der Waals surface area contributed by atoms with E-state index in [1.165, 1.54) is 180 Å². The molecule has 0 unspecified atom stereocenters. The third-order valence-electron chi connectivity index (χ3n) is 12.6. The third-order valence-corrected chi connectivity index (χ3v) is 12.6. The van der Waals surface area contributed by atoms with Crippen molar-refractivity contribution >= 4 is 11.9 Å². The molecule has 0 aliphatic carbocycles. The van der Waals surface area contributed by atoms with E-state index in [0.717, 1.165) is 43.2 Å². The highest BCUT2D eigenvalue weighted by Crippen LogP contribution is 2.18. The van der Waals surface area contributed by atoms with Crippen molar-refractivity contribution in [3.8, 4) is 0 Å². The Labute approximate surface area is 394 Å². The maximum absolute atomic E-state index is 14.0. The summed E-state index contributed by atoms with van der Waals surface area (Å²) in [6.45, 7) is 7.05. The normalized spacial score (nSPS) is 13.0. The van der Waals surface area contributed by atoms with E-state index in [9.17, 15) is 9.59 Å². The zero-order valence-corrected chi connectivity index (χ0v) is 41.7. The molecule has 2 aromatic carbocycles. The number of allylic oxidation sites excluding steroid dienone is 1. The first-order valence-corrected chi connectivity index (χ1v) is 26.9. The number of carbonyl (C=O) groups excluding carboxylic acids is 2. The van der Waals surface area contributed by atoms with Gasteiger partial charge >= 0.3 is 5.97 Å². The van der Waals surface area contributed by atoms with Crippen molar-refractivity contribution in [1.29, 1.82) is 0 Å². The topological polar surface area (TPSA) is 73.9 Å². The van der Waals surface area contributed by atoms with Crippen LogP contribution in [-0.2, 0) is 37.0 Å². The van der Waals surface area contributed by atoms with Gasteiger partial charge in [0.1, 0.15) is 0 Å². The van der Waals surface area contributed by atoms with E-state index >= 15 is 0 Å². The molecule has 2 rings (SSSR count). The number of hydrogen-bond donors (Lipinski definition) is 1. The summed E-state index contributed by atoms with van der Waals surface area (Å²) < 4.78 is 18.5. The lowest BCUT2D eigenvalue weighted by Crippen LogP contribution is -2.50. The van der Waals surface area contributed by atoms with E-state index < -0.39 is 24.2 Å². The van der Waals surface area contributed by atoms with Crippen molar-refractivity contribution < 1.29 is 23.8 Å². The van der Waals surface area contributed by atoms with Crippen molar-refractivity contribution in [3.05, 3.63) is 83.9 Å². The van der Waals surface area contributed by atoms with Gasteiger partial charge in [0.25, 0.3) is 5.91 Å². The number of rotatable bonds is 45. The van der Waals surface area contributed by atoms with E-state index in [-0.39, 0.29) is 12.5 Å². The predicted molar refractivity (Wildman–Crippen MR) is 271 cm³/mol. The summed E-state index contributed by atoms with van der Waals surface area (Å²) in [7, 11) is 0. The maximum atomic E-state index is 14.0. The molecule has 0 radical (unpaired) electrons. The summed E-state index contributed by atoms with van der Waals surface area (Å²) in [5.74, 6) is -0.720. The molecule has 0 saturated carbocycles. The number of hydrogen-bond acceptors (Lipinski definition) is 5. The SMILES string of the molecule is CCCCCCCCCCCCC/C=C/[C@@H](OCc1ccccc1)[C@H](COCc1ccccc1)NC(=O)[C@@H](CCCCCCCCCCCCCCCCCCCCCC)OC(C)=O. The molecule has 64 heavy (non-hydrogen) atoms. The molecule has 0 aliphatic heterocycles. The fourth-order valence-corrected chi connectivity index (χ4v) is 8.63. The predicted octanol–water partition coefficient (Wildman–Crippen LogP) is 16.7.